The van der Waals surface area contributed by atoms with Gasteiger partial charge in [0.15, 0.2) is 0 Å². The van der Waals surface area contributed by atoms with Crippen LogP contribution in [0.4, 0.5) is 0 Å². The number of pyridine rings is 5. The van der Waals surface area contributed by atoms with Gasteiger partial charge >= 0.3 is 0 Å². The van der Waals surface area contributed by atoms with Crippen molar-refractivity contribution in [3.8, 4) is 0 Å². The van der Waals surface area contributed by atoms with Crippen LogP contribution in [0.3, 0.4) is 0 Å². The van der Waals surface area contributed by atoms with Crippen LogP contribution in [-0.2, 0) is 24.6 Å². The van der Waals surface area contributed by atoms with E-state index in [1.54, 1.807) is 6.20 Å². The summed E-state index contributed by atoms with van der Waals surface area (Å²) < 4.78 is 0. The molecule has 0 N–H and O–H groups in total. The Morgan fingerprint density at radius 2 is 1.00 bits per heavy atom. The number of aryl methyl sites for hydroxylation is 2. The van der Waals surface area contributed by atoms with Gasteiger partial charge < -0.3 is 0 Å². The molecule has 5 nitrogen and oxygen atoms in total. The van der Waals surface area contributed by atoms with Crippen molar-refractivity contribution in [3.63, 3.8) is 0 Å². The molecule has 0 bridgehead atoms. The molecule has 1 unspecified atom stereocenters. The lowest BCUT2D eigenvalue weighted by Gasteiger charge is -2.03. The number of halogens is 5. The second kappa shape index (κ2) is 25.2. The highest BCUT2D eigenvalue weighted by molar-refractivity contribution is 9.09. The number of para-hydroxylation sites is 5. The van der Waals surface area contributed by atoms with E-state index in [0.717, 1.165) is 90.1 Å². The molecule has 10 heteroatoms. The van der Waals surface area contributed by atoms with E-state index in [0.29, 0.717) is 17.6 Å². The van der Waals surface area contributed by atoms with Crippen molar-refractivity contribution in [2.45, 2.75) is 36.9 Å². The Balaban J connectivity index is 0.000000131. The molecule has 63 heavy (non-hydrogen) atoms. The Morgan fingerprint density at radius 3 is 1.56 bits per heavy atom. The van der Waals surface area contributed by atoms with Crippen LogP contribution in [0.5, 0.6) is 0 Å². The fourth-order valence-electron chi connectivity index (χ4n) is 6.45. The molecule has 0 aliphatic carbocycles. The van der Waals surface area contributed by atoms with E-state index < -0.39 is 0 Å². The molecule has 0 spiro atoms. The van der Waals surface area contributed by atoms with Gasteiger partial charge in [0.2, 0.25) is 0 Å². The number of aromatic nitrogens is 5. The van der Waals surface area contributed by atoms with Crippen LogP contribution < -0.4 is 0 Å². The minimum Gasteiger partial charge on any atom is -0.256 e. The van der Waals surface area contributed by atoms with E-state index in [4.69, 9.17) is 46.4 Å². The zero-order valence-electron chi connectivity index (χ0n) is 34.8. The first-order valence-electron chi connectivity index (χ1n) is 20.5. The maximum absolute atomic E-state index is 5.94. The Labute approximate surface area is 397 Å². The highest BCUT2D eigenvalue weighted by Crippen LogP contribution is 2.21. The number of hydrogen-bond acceptors (Lipinski definition) is 5. The highest BCUT2D eigenvalue weighted by Gasteiger charge is 2.03. The summed E-state index contributed by atoms with van der Waals surface area (Å²) in [6, 6.07) is 56.7. The summed E-state index contributed by atoms with van der Waals surface area (Å²) in [4.78, 5) is 22.0. The van der Waals surface area contributed by atoms with E-state index >= 15 is 0 Å². The van der Waals surface area contributed by atoms with Crippen LogP contribution in [0.2, 0.25) is 0 Å². The summed E-state index contributed by atoms with van der Waals surface area (Å²) in [5, 5.41) is 6.79. The largest absolute Gasteiger partial charge is 0.256 e. The Morgan fingerprint density at radius 1 is 0.492 bits per heavy atom. The van der Waals surface area contributed by atoms with E-state index in [9.17, 15) is 0 Å². The monoisotopic (exact) mass is 971 g/mol. The first kappa shape index (κ1) is 47.3. The number of alkyl halides is 5. The number of rotatable bonds is 7. The molecule has 0 saturated carbocycles. The number of fused-ring (bicyclic) bond motifs is 5. The van der Waals surface area contributed by atoms with Crippen molar-refractivity contribution >= 4 is 117 Å². The molecule has 0 fully saturated rings. The van der Waals surface area contributed by atoms with Crippen molar-refractivity contribution in [2.75, 3.05) is 11.2 Å². The van der Waals surface area contributed by atoms with Crippen LogP contribution in [0.15, 0.2) is 182 Å². The molecule has 1 atom stereocenters. The Kier molecular flexibility index (Phi) is 18.9. The van der Waals surface area contributed by atoms with E-state index in [1.807, 2.05) is 141 Å². The molecule has 0 aliphatic rings. The van der Waals surface area contributed by atoms with Crippen molar-refractivity contribution in [1.82, 2.24) is 24.9 Å². The summed E-state index contributed by atoms with van der Waals surface area (Å²) in [6.45, 7) is 1.93. The van der Waals surface area contributed by atoms with Gasteiger partial charge in [-0.3, -0.25) is 24.9 Å². The van der Waals surface area contributed by atoms with Crippen LogP contribution in [0.25, 0.3) is 54.5 Å². The molecule has 0 radical (unpaired) electrons. The Bertz CT molecular complexity index is 2890. The number of benzene rings is 5. The lowest BCUT2D eigenvalue weighted by Crippen LogP contribution is -1.90. The van der Waals surface area contributed by atoms with Crippen molar-refractivity contribution < 1.29 is 0 Å². The van der Waals surface area contributed by atoms with Gasteiger partial charge in [-0.25, -0.2) is 0 Å². The fourth-order valence-corrected chi connectivity index (χ4v) is 7.55. The average molecular weight is 975 g/mol. The summed E-state index contributed by atoms with van der Waals surface area (Å²) in [7, 11) is 0. The van der Waals surface area contributed by atoms with Crippen molar-refractivity contribution in [1.29, 1.82) is 0 Å². The van der Waals surface area contributed by atoms with Crippen LogP contribution in [-0.4, -0.2) is 36.1 Å². The minimum atomic E-state index is -0.0235. The molecule has 0 amide bonds. The predicted octanol–water partition coefficient (Wildman–Crippen LogP) is 15.7. The molecular weight excluding hydrogens is 928 g/mol. The van der Waals surface area contributed by atoms with Crippen molar-refractivity contribution in [2.24, 2.45) is 0 Å². The molecule has 10 rings (SSSR count). The predicted molar refractivity (Wildman–Crippen MR) is 274 cm³/mol. The third kappa shape index (κ3) is 14.1. The smallest absolute Gasteiger partial charge is 0.0729 e. The first-order chi connectivity index (χ1) is 30.9. The quantitative estimate of drug-likeness (QED) is 0.149. The second-order valence-corrected chi connectivity index (χ2v) is 16.6. The van der Waals surface area contributed by atoms with E-state index in [2.05, 4.69) is 83.3 Å². The maximum atomic E-state index is 5.94. The fraction of sp³-hybridized carbons (Fsp3) is 0.151. The summed E-state index contributed by atoms with van der Waals surface area (Å²) in [6.07, 6.45) is 5.44. The molecule has 5 aromatic heterocycles. The van der Waals surface area contributed by atoms with E-state index in [-0.39, 0.29) is 5.38 Å². The summed E-state index contributed by atoms with van der Waals surface area (Å²) in [5.41, 5.74) is 10.5. The third-order valence-electron chi connectivity index (χ3n) is 9.73. The highest BCUT2D eigenvalue weighted by atomic mass is 79.9. The first-order valence-corrected chi connectivity index (χ1v) is 23.6. The molecule has 318 valence electrons. The van der Waals surface area contributed by atoms with Gasteiger partial charge in [-0.05, 0) is 85.1 Å². The van der Waals surface area contributed by atoms with Gasteiger partial charge in [0.25, 0.3) is 0 Å². The number of nitrogens with zero attached hydrogens (tertiary/aromatic N) is 5. The number of hydrogen-bond donors (Lipinski definition) is 0. The third-order valence-corrected chi connectivity index (χ3v) is 11.1. The van der Waals surface area contributed by atoms with Gasteiger partial charge in [-0.2, -0.15) is 0 Å². The van der Waals surface area contributed by atoms with Gasteiger partial charge in [0.05, 0.1) is 38.7 Å². The van der Waals surface area contributed by atoms with Crippen LogP contribution in [0, 0.1) is 0 Å². The minimum absolute atomic E-state index is 0.0235. The molecule has 5 aromatic carbocycles. The maximum Gasteiger partial charge on any atom is 0.0729 e. The van der Waals surface area contributed by atoms with Gasteiger partial charge in [-0.15, -0.1) is 46.4 Å². The topological polar surface area (TPSA) is 64.5 Å². The average Bonchev–Trinajstić information content (AvgIpc) is 3.34. The molecular formula is C53H46BrCl4N5. The lowest BCUT2D eigenvalue weighted by atomic mass is 10.1. The van der Waals surface area contributed by atoms with Crippen LogP contribution >= 0.6 is 62.3 Å². The van der Waals surface area contributed by atoms with Crippen LogP contribution in [0.1, 0.15) is 40.5 Å². The summed E-state index contributed by atoms with van der Waals surface area (Å²) in [5.74, 6) is 1.70. The lowest BCUT2D eigenvalue weighted by molar-refractivity contribution is 1.01. The van der Waals surface area contributed by atoms with Gasteiger partial charge in [0, 0.05) is 80.1 Å². The van der Waals surface area contributed by atoms with Crippen molar-refractivity contribution in [3.05, 3.63) is 210 Å². The SMILES string of the molecule is BrCCc1ccc2ccccc2n1.CC(Cl)c1ccc2ccccc2n1.ClCCc1ccc2ccccc2n1.ClCc1ccnc2ccccc12.ClCc1cnc2ccccc2c1. The Hall–Kier alpha value is -5.21. The molecule has 10 aromatic rings. The standard InChI is InChI=1S/C11H10BrN.2C11H10ClN.2C10H8ClN/c12-8-7-10-6-5-9-3-1-2-4-11(9)13-10;1-8(12)10-7-6-9-4-2-3-5-11(9)13-10;12-8-7-10-6-5-9-3-1-2-4-11(9)13-10;11-6-8-5-9-3-1-2-4-10(9)12-7-8;11-7-8-5-6-12-10-4-2-1-3-9(8)10/h1-6H,7-8H2;2-8H,1H3;1-6H,7-8H2;1-5,7H,6H2;1-6H,7H2. The molecule has 0 aliphatic heterocycles. The van der Waals surface area contributed by atoms with Gasteiger partial charge in [-0.1, -0.05) is 125 Å². The normalized spacial score (nSPS) is 11.0. The molecule has 5 heterocycles. The zero-order chi connectivity index (χ0) is 44.2. The van der Waals surface area contributed by atoms with E-state index in [1.165, 1.54) is 10.8 Å². The summed E-state index contributed by atoms with van der Waals surface area (Å²) >= 11 is 26.5. The molecule has 0 saturated heterocycles. The second-order valence-electron chi connectivity index (χ2n) is 14.2. The van der Waals surface area contributed by atoms with Gasteiger partial charge in [0.1, 0.15) is 0 Å². The zero-order valence-corrected chi connectivity index (χ0v) is 39.4.